The molecule has 1 rings (SSSR count). The Labute approximate surface area is 113 Å². The first-order valence-corrected chi connectivity index (χ1v) is 8.06. The summed E-state index contributed by atoms with van der Waals surface area (Å²) in [7, 11) is -1.57. The lowest BCUT2D eigenvalue weighted by Gasteiger charge is -2.20. The third-order valence-corrected chi connectivity index (χ3v) is 3.87. The van der Waals surface area contributed by atoms with E-state index in [9.17, 15) is 12.8 Å². The SMILES string of the molecule is COc1ccc(C(C)NC(C)CS(C)(=O)=O)c(F)c1. The summed E-state index contributed by atoms with van der Waals surface area (Å²) in [6.07, 6.45) is 1.18. The Bertz CT molecular complexity index is 531. The molecule has 0 heterocycles. The molecular formula is C13H20FNO3S. The number of hydrogen-bond acceptors (Lipinski definition) is 4. The smallest absolute Gasteiger partial charge is 0.148 e. The van der Waals surface area contributed by atoms with Crippen LogP contribution in [-0.2, 0) is 9.84 Å². The van der Waals surface area contributed by atoms with Crippen LogP contribution >= 0.6 is 0 Å². The second-order valence-corrected chi connectivity index (χ2v) is 6.95. The molecule has 0 amide bonds. The van der Waals surface area contributed by atoms with Gasteiger partial charge in [-0.1, -0.05) is 6.07 Å². The van der Waals surface area contributed by atoms with Gasteiger partial charge in [0.2, 0.25) is 0 Å². The summed E-state index contributed by atoms with van der Waals surface area (Å²) in [5.74, 6) is 0.110. The molecule has 0 spiro atoms. The van der Waals surface area contributed by atoms with Gasteiger partial charge in [-0.15, -0.1) is 0 Å². The molecule has 0 saturated heterocycles. The number of hydrogen-bond donors (Lipinski definition) is 1. The minimum atomic E-state index is -3.05. The second-order valence-electron chi connectivity index (χ2n) is 4.77. The van der Waals surface area contributed by atoms with Crippen molar-refractivity contribution in [3.8, 4) is 5.75 Å². The van der Waals surface area contributed by atoms with Crippen LogP contribution in [0.5, 0.6) is 5.75 Å². The van der Waals surface area contributed by atoms with Gasteiger partial charge in [0, 0.05) is 30.0 Å². The highest BCUT2D eigenvalue weighted by molar-refractivity contribution is 7.90. The number of benzene rings is 1. The van der Waals surface area contributed by atoms with E-state index in [2.05, 4.69) is 5.32 Å². The van der Waals surface area contributed by atoms with E-state index >= 15 is 0 Å². The van der Waals surface area contributed by atoms with Crippen molar-refractivity contribution in [2.45, 2.75) is 25.9 Å². The normalized spacial score (nSPS) is 15.0. The maximum atomic E-state index is 13.8. The van der Waals surface area contributed by atoms with E-state index in [1.54, 1.807) is 26.0 Å². The molecule has 2 atom stereocenters. The van der Waals surface area contributed by atoms with Crippen LogP contribution in [0.25, 0.3) is 0 Å². The highest BCUT2D eigenvalue weighted by Crippen LogP contribution is 2.22. The van der Waals surface area contributed by atoms with Crippen molar-refractivity contribution >= 4 is 9.84 Å². The molecule has 0 aliphatic carbocycles. The summed E-state index contributed by atoms with van der Waals surface area (Å²) in [4.78, 5) is 0. The summed E-state index contributed by atoms with van der Waals surface area (Å²) in [6.45, 7) is 3.56. The monoisotopic (exact) mass is 289 g/mol. The second kappa shape index (κ2) is 6.34. The van der Waals surface area contributed by atoms with Gasteiger partial charge in [0.1, 0.15) is 21.4 Å². The van der Waals surface area contributed by atoms with Crippen molar-refractivity contribution in [1.82, 2.24) is 5.32 Å². The van der Waals surface area contributed by atoms with Gasteiger partial charge in [-0.3, -0.25) is 0 Å². The van der Waals surface area contributed by atoms with Crippen LogP contribution in [0, 0.1) is 5.82 Å². The molecule has 1 aromatic carbocycles. The van der Waals surface area contributed by atoms with E-state index in [-0.39, 0.29) is 23.7 Å². The molecule has 0 aromatic heterocycles. The molecule has 0 radical (unpaired) electrons. The van der Waals surface area contributed by atoms with Crippen molar-refractivity contribution in [2.75, 3.05) is 19.1 Å². The predicted molar refractivity (Wildman–Crippen MR) is 73.7 cm³/mol. The molecule has 19 heavy (non-hydrogen) atoms. The van der Waals surface area contributed by atoms with Crippen molar-refractivity contribution in [3.63, 3.8) is 0 Å². The van der Waals surface area contributed by atoms with Crippen LogP contribution < -0.4 is 10.1 Å². The molecule has 1 N–H and O–H groups in total. The minimum absolute atomic E-state index is 0.0229. The Kier molecular flexibility index (Phi) is 5.31. The van der Waals surface area contributed by atoms with Crippen molar-refractivity contribution in [1.29, 1.82) is 0 Å². The van der Waals surface area contributed by atoms with Crippen LogP contribution in [0.2, 0.25) is 0 Å². The average molecular weight is 289 g/mol. The fourth-order valence-corrected chi connectivity index (χ4v) is 3.01. The van der Waals surface area contributed by atoms with Crippen LogP contribution in [0.4, 0.5) is 4.39 Å². The minimum Gasteiger partial charge on any atom is -0.497 e. The Morgan fingerprint density at radius 1 is 1.37 bits per heavy atom. The molecule has 0 fully saturated rings. The van der Waals surface area contributed by atoms with Crippen molar-refractivity contribution in [2.24, 2.45) is 0 Å². The van der Waals surface area contributed by atoms with E-state index in [4.69, 9.17) is 4.74 Å². The lowest BCUT2D eigenvalue weighted by atomic mass is 10.1. The van der Waals surface area contributed by atoms with Crippen LogP contribution in [0.3, 0.4) is 0 Å². The molecule has 0 aliphatic heterocycles. The molecule has 0 bridgehead atoms. The zero-order valence-electron chi connectivity index (χ0n) is 11.6. The zero-order chi connectivity index (χ0) is 14.6. The first-order valence-electron chi connectivity index (χ1n) is 6.00. The van der Waals surface area contributed by atoms with Gasteiger partial charge in [-0.25, -0.2) is 12.8 Å². The zero-order valence-corrected chi connectivity index (χ0v) is 12.4. The van der Waals surface area contributed by atoms with Gasteiger partial charge < -0.3 is 10.1 Å². The van der Waals surface area contributed by atoms with E-state index in [1.165, 1.54) is 19.4 Å². The average Bonchev–Trinajstić information content (AvgIpc) is 2.25. The lowest BCUT2D eigenvalue weighted by Crippen LogP contribution is -2.34. The van der Waals surface area contributed by atoms with Crippen LogP contribution in [0.15, 0.2) is 18.2 Å². The third-order valence-electron chi connectivity index (χ3n) is 2.76. The number of sulfone groups is 1. The maximum absolute atomic E-state index is 13.8. The highest BCUT2D eigenvalue weighted by Gasteiger charge is 2.16. The molecular weight excluding hydrogens is 269 g/mol. The van der Waals surface area contributed by atoms with Gasteiger partial charge in [-0.05, 0) is 19.9 Å². The maximum Gasteiger partial charge on any atom is 0.148 e. The summed E-state index contributed by atoms with van der Waals surface area (Å²) >= 11 is 0. The molecule has 108 valence electrons. The summed E-state index contributed by atoms with van der Waals surface area (Å²) in [5, 5.41) is 3.07. The molecule has 2 unspecified atom stereocenters. The number of methoxy groups -OCH3 is 1. The van der Waals surface area contributed by atoms with Crippen molar-refractivity contribution in [3.05, 3.63) is 29.6 Å². The number of rotatable bonds is 6. The first-order chi connectivity index (χ1) is 8.73. The molecule has 0 aliphatic rings. The van der Waals surface area contributed by atoms with Gasteiger partial charge in [0.25, 0.3) is 0 Å². The number of halogens is 1. The Hall–Kier alpha value is -1.14. The predicted octanol–water partition coefficient (Wildman–Crippen LogP) is 1.92. The third kappa shape index (κ3) is 5.16. The van der Waals surface area contributed by atoms with Gasteiger partial charge in [0.05, 0.1) is 12.9 Å². The van der Waals surface area contributed by atoms with Gasteiger partial charge >= 0.3 is 0 Å². The fourth-order valence-electron chi connectivity index (χ4n) is 2.00. The van der Waals surface area contributed by atoms with E-state index in [0.717, 1.165) is 0 Å². The number of nitrogens with one attached hydrogen (secondary N) is 1. The lowest BCUT2D eigenvalue weighted by molar-refractivity contribution is 0.409. The molecule has 1 aromatic rings. The quantitative estimate of drug-likeness (QED) is 0.869. The van der Waals surface area contributed by atoms with Crippen LogP contribution in [0.1, 0.15) is 25.5 Å². The van der Waals surface area contributed by atoms with E-state index in [1.807, 2.05) is 0 Å². The Balaban J connectivity index is 2.75. The summed E-state index contributed by atoms with van der Waals surface area (Å²) in [5.41, 5.74) is 0.487. The Morgan fingerprint density at radius 3 is 2.47 bits per heavy atom. The molecule has 6 heteroatoms. The molecule has 4 nitrogen and oxygen atoms in total. The first kappa shape index (κ1) is 15.9. The highest BCUT2D eigenvalue weighted by atomic mass is 32.2. The topological polar surface area (TPSA) is 55.4 Å². The van der Waals surface area contributed by atoms with Crippen LogP contribution in [-0.4, -0.2) is 33.6 Å². The Morgan fingerprint density at radius 2 is 2.00 bits per heavy atom. The largest absolute Gasteiger partial charge is 0.497 e. The molecule has 0 saturated carbocycles. The van der Waals surface area contributed by atoms with E-state index < -0.39 is 9.84 Å². The van der Waals surface area contributed by atoms with E-state index in [0.29, 0.717) is 11.3 Å². The number of ether oxygens (including phenoxy) is 1. The van der Waals surface area contributed by atoms with Gasteiger partial charge in [-0.2, -0.15) is 0 Å². The fraction of sp³-hybridized carbons (Fsp3) is 0.538. The van der Waals surface area contributed by atoms with Gasteiger partial charge in [0.15, 0.2) is 0 Å². The summed E-state index contributed by atoms with van der Waals surface area (Å²) in [6, 6.07) is 4.11. The van der Waals surface area contributed by atoms with Crippen molar-refractivity contribution < 1.29 is 17.5 Å². The summed E-state index contributed by atoms with van der Waals surface area (Å²) < 4.78 is 41.1. The standard InChI is InChI=1S/C13H20FNO3S/c1-9(8-19(4,16)17)15-10(2)12-6-5-11(18-3)7-13(12)14/h5-7,9-10,15H,8H2,1-4H3.